The van der Waals surface area contributed by atoms with Gasteiger partial charge in [-0.15, -0.1) is 0 Å². The summed E-state index contributed by atoms with van der Waals surface area (Å²) in [6.07, 6.45) is 0. The Morgan fingerprint density at radius 1 is 1.06 bits per heavy atom. The number of nitrogens with two attached hydrogens (primary N) is 1. The van der Waals surface area contributed by atoms with Gasteiger partial charge in [0.05, 0.1) is 5.69 Å². The van der Waals surface area contributed by atoms with Gasteiger partial charge in [-0.25, -0.2) is 20.2 Å². The van der Waals surface area contributed by atoms with Crippen molar-refractivity contribution < 1.29 is 4.39 Å². The number of hydrogen-bond acceptors (Lipinski definition) is 5. The van der Waals surface area contributed by atoms with E-state index in [-0.39, 0.29) is 11.5 Å². The summed E-state index contributed by atoms with van der Waals surface area (Å²) < 4.78 is 13.6. The van der Waals surface area contributed by atoms with Gasteiger partial charge in [-0.3, -0.25) is 4.98 Å². The zero-order valence-corrected chi connectivity index (χ0v) is 10.5. The van der Waals surface area contributed by atoms with Gasteiger partial charge in [0.25, 0.3) is 0 Å². The van der Waals surface area contributed by atoms with Crippen LogP contribution in [-0.4, -0.2) is 15.0 Å². The van der Waals surface area contributed by atoms with E-state index in [0.717, 1.165) is 17.0 Å². The van der Waals surface area contributed by atoms with Gasteiger partial charge in [0.2, 0.25) is 0 Å². The normalized spacial score (nSPS) is 10.5. The van der Waals surface area contributed by atoms with Gasteiger partial charge in [-0.2, -0.15) is 0 Å². The van der Waals surface area contributed by atoms with Crippen LogP contribution in [0.1, 0.15) is 17.1 Å². The highest BCUT2D eigenvalue weighted by atomic mass is 19.1. The highest BCUT2D eigenvalue weighted by molar-refractivity contribution is 5.58. The SMILES string of the molecule is Cc1cc(-c2nc(C)c(F)c(NN)n2)cc(C)n1. The molecule has 0 aromatic carbocycles. The number of rotatable bonds is 2. The number of hydrogen-bond donors (Lipinski definition) is 2. The maximum Gasteiger partial charge on any atom is 0.187 e. The fourth-order valence-electron chi connectivity index (χ4n) is 1.75. The van der Waals surface area contributed by atoms with Crippen molar-refractivity contribution in [1.82, 2.24) is 15.0 Å². The largest absolute Gasteiger partial charge is 0.306 e. The first-order valence-electron chi connectivity index (χ1n) is 5.47. The van der Waals surface area contributed by atoms with E-state index in [9.17, 15) is 4.39 Å². The van der Waals surface area contributed by atoms with Crippen molar-refractivity contribution in [3.63, 3.8) is 0 Å². The van der Waals surface area contributed by atoms with Crippen LogP contribution in [0.4, 0.5) is 10.2 Å². The second-order valence-corrected chi connectivity index (χ2v) is 4.08. The molecule has 2 heterocycles. The van der Waals surface area contributed by atoms with Crippen LogP contribution in [0, 0.1) is 26.6 Å². The molecule has 2 aromatic heterocycles. The minimum absolute atomic E-state index is 0.00961. The van der Waals surface area contributed by atoms with E-state index in [0.29, 0.717) is 5.82 Å². The van der Waals surface area contributed by atoms with Crippen LogP contribution in [0.5, 0.6) is 0 Å². The quantitative estimate of drug-likeness (QED) is 0.626. The minimum atomic E-state index is -0.538. The molecule has 0 spiro atoms. The summed E-state index contributed by atoms with van der Waals surface area (Å²) in [5.74, 6) is 5.11. The molecule has 0 radical (unpaired) electrons. The Kier molecular flexibility index (Phi) is 3.20. The lowest BCUT2D eigenvalue weighted by molar-refractivity contribution is 0.606. The number of halogens is 1. The summed E-state index contributed by atoms with van der Waals surface area (Å²) in [4.78, 5) is 12.5. The molecule has 0 aliphatic carbocycles. The third-order valence-corrected chi connectivity index (χ3v) is 2.49. The van der Waals surface area contributed by atoms with Crippen LogP contribution in [-0.2, 0) is 0 Å². The van der Waals surface area contributed by atoms with Crippen molar-refractivity contribution in [2.75, 3.05) is 5.43 Å². The minimum Gasteiger partial charge on any atom is -0.306 e. The van der Waals surface area contributed by atoms with Crippen LogP contribution in [0.2, 0.25) is 0 Å². The predicted octanol–water partition coefficient (Wildman–Crippen LogP) is 1.89. The van der Waals surface area contributed by atoms with E-state index in [1.54, 1.807) is 6.92 Å². The maximum atomic E-state index is 13.6. The van der Waals surface area contributed by atoms with Crippen LogP contribution in [0.25, 0.3) is 11.4 Å². The molecule has 0 fully saturated rings. The van der Waals surface area contributed by atoms with E-state index in [1.165, 1.54) is 0 Å². The number of hydrazine groups is 1. The molecule has 94 valence electrons. The Labute approximate surface area is 104 Å². The van der Waals surface area contributed by atoms with Gasteiger partial charge < -0.3 is 5.43 Å². The number of nitrogen functional groups attached to an aromatic ring is 1. The second kappa shape index (κ2) is 4.66. The standard InChI is InChI=1S/C12H14FN5/c1-6-4-9(5-7(2)15-6)11-16-8(3)10(13)12(17-11)18-14/h4-5H,14H2,1-3H3,(H,16,17,18). The molecule has 3 N–H and O–H groups in total. The lowest BCUT2D eigenvalue weighted by Crippen LogP contribution is -2.13. The first kappa shape index (κ1) is 12.4. The summed E-state index contributed by atoms with van der Waals surface area (Å²) in [7, 11) is 0. The van der Waals surface area contributed by atoms with Crippen molar-refractivity contribution in [2.45, 2.75) is 20.8 Å². The zero-order chi connectivity index (χ0) is 13.3. The molecule has 0 bridgehead atoms. The summed E-state index contributed by atoms with van der Waals surface area (Å²) in [6, 6.07) is 3.69. The first-order chi connectivity index (χ1) is 8.51. The fourth-order valence-corrected chi connectivity index (χ4v) is 1.75. The highest BCUT2D eigenvalue weighted by Gasteiger charge is 2.12. The number of aryl methyl sites for hydroxylation is 3. The molecule has 0 saturated carbocycles. The molecular weight excluding hydrogens is 233 g/mol. The Hall–Kier alpha value is -2.08. The number of nitrogens with one attached hydrogen (secondary N) is 1. The summed E-state index contributed by atoms with van der Waals surface area (Å²) in [5, 5.41) is 0. The molecule has 0 aliphatic rings. The van der Waals surface area contributed by atoms with Gasteiger partial charge >= 0.3 is 0 Å². The zero-order valence-electron chi connectivity index (χ0n) is 10.5. The molecule has 0 amide bonds. The topological polar surface area (TPSA) is 76.7 Å². The number of anilines is 1. The first-order valence-corrected chi connectivity index (χ1v) is 5.47. The third-order valence-electron chi connectivity index (χ3n) is 2.49. The molecule has 0 atom stereocenters. The molecule has 0 unspecified atom stereocenters. The Morgan fingerprint density at radius 3 is 2.22 bits per heavy atom. The summed E-state index contributed by atoms with van der Waals surface area (Å²) in [5.41, 5.74) is 4.99. The maximum absolute atomic E-state index is 13.6. The van der Waals surface area contributed by atoms with Crippen LogP contribution >= 0.6 is 0 Å². The molecular formula is C12H14FN5. The summed E-state index contributed by atoms with van der Waals surface area (Å²) in [6.45, 7) is 5.34. The third kappa shape index (κ3) is 2.28. The number of nitrogens with zero attached hydrogens (tertiary/aromatic N) is 3. The van der Waals surface area contributed by atoms with E-state index in [2.05, 4.69) is 20.4 Å². The number of aromatic nitrogens is 3. The van der Waals surface area contributed by atoms with Crippen LogP contribution in [0.15, 0.2) is 12.1 Å². The molecule has 0 aliphatic heterocycles. The lowest BCUT2D eigenvalue weighted by atomic mass is 10.2. The Balaban J connectivity index is 2.60. The van der Waals surface area contributed by atoms with Gasteiger partial charge in [0, 0.05) is 17.0 Å². The van der Waals surface area contributed by atoms with Crippen LogP contribution in [0.3, 0.4) is 0 Å². The van der Waals surface area contributed by atoms with Gasteiger partial charge in [0.1, 0.15) is 0 Å². The monoisotopic (exact) mass is 247 g/mol. The Morgan fingerprint density at radius 2 is 1.67 bits per heavy atom. The smallest absolute Gasteiger partial charge is 0.187 e. The van der Waals surface area contributed by atoms with Crippen molar-refractivity contribution in [3.8, 4) is 11.4 Å². The predicted molar refractivity (Wildman–Crippen MR) is 67.2 cm³/mol. The Bertz CT molecular complexity index is 577. The lowest BCUT2D eigenvalue weighted by Gasteiger charge is -2.08. The molecule has 6 heteroatoms. The second-order valence-electron chi connectivity index (χ2n) is 4.08. The molecule has 2 rings (SSSR count). The average molecular weight is 247 g/mol. The van der Waals surface area contributed by atoms with E-state index in [4.69, 9.17) is 5.84 Å². The van der Waals surface area contributed by atoms with Gasteiger partial charge in [0.15, 0.2) is 17.5 Å². The molecule has 5 nitrogen and oxygen atoms in total. The van der Waals surface area contributed by atoms with E-state index < -0.39 is 5.82 Å². The van der Waals surface area contributed by atoms with Gasteiger partial charge in [-0.1, -0.05) is 0 Å². The van der Waals surface area contributed by atoms with Gasteiger partial charge in [-0.05, 0) is 32.9 Å². The van der Waals surface area contributed by atoms with E-state index >= 15 is 0 Å². The highest BCUT2D eigenvalue weighted by Crippen LogP contribution is 2.21. The fraction of sp³-hybridized carbons (Fsp3) is 0.250. The van der Waals surface area contributed by atoms with Crippen molar-refractivity contribution >= 4 is 5.82 Å². The summed E-state index contributed by atoms with van der Waals surface area (Å²) >= 11 is 0. The van der Waals surface area contributed by atoms with Crippen molar-refractivity contribution in [3.05, 3.63) is 35.0 Å². The average Bonchev–Trinajstić information content (AvgIpc) is 2.31. The molecule has 18 heavy (non-hydrogen) atoms. The number of pyridine rings is 1. The molecule has 2 aromatic rings. The van der Waals surface area contributed by atoms with Crippen molar-refractivity contribution in [2.24, 2.45) is 5.84 Å². The van der Waals surface area contributed by atoms with Crippen LogP contribution < -0.4 is 11.3 Å². The molecule has 0 saturated heterocycles. The van der Waals surface area contributed by atoms with Crippen molar-refractivity contribution in [1.29, 1.82) is 0 Å². The van der Waals surface area contributed by atoms with E-state index in [1.807, 2.05) is 26.0 Å².